The number of carbonyl (C=O) groups excluding carboxylic acids is 5. The number of aliphatic hydroxyl groups is 1. The lowest BCUT2D eigenvalue weighted by atomic mass is 10.2. The van der Waals surface area contributed by atoms with Crippen molar-refractivity contribution in [1.82, 2.24) is 0 Å². The quantitative estimate of drug-likeness (QED) is 0.324. The molecule has 0 rings (SSSR count). The maximum Gasteiger partial charge on any atom is 0.300 e. The molecule has 0 spiro atoms. The SMILES string of the molecule is CC(=O)CCCO.CC(=O)O.CC(=O)O.CC(=O)O.CC(=O)O.CC(C)=O.CC(C)=O.CC(C)=O.CC(C)=O. The normalized spacial score (nSPS) is 6.82. The molecule has 14 nitrogen and oxygen atoms in total. The van der Waals surface area contributed by atoms with Crippen LogP contribution in [0.1, 0.15) is 103 Å². The van der Waals surface area contributed by atoms with Crippen LogP contribution in [0, 0.1) is 0 Å². The third kappa shape index (κ3) is 981000. The van der Waals surface area contributed by atoms with E-state index in [1.54, 1.807) is 0 Å². The van der Waals surface area contributed by atoms with Gasteiger partial charge >= 0.3 is 0 Å². The number of ketones is 5. The fourth-order valence-electron chi connectivity index (χ4n) is 0.328. The summed E-state index contributed by atoms with van der Waals surface area (Å²) in [5, 5.41) is 37.8. The van der Waals surface area contributed by atoms with Gasteiger partial charge in [0.2, 0.25) is 0 Å². The molecule has 0 aliphatic rings. The van der Waals surface area contributed by atoms with Crippen LogP contribution < -0.4 is 0 Å². The number of carbonyl (C=O) groups is 9. The lowest BCUT2D eigenvalue weighted by Crippen LogP contribution is -1.91. The molecule has 0 saturated heterocycles. The molecule has 0 atom stereocenters. The first-order valence-electron chi connectivity index (χ1n) is 10.9. The van der Waals surface area contributed by atoms with Gasteiger partial charge in [-0.2, -0.15) is 0 Å². The highest BCUT2D eigenvalue weighted by atomic mass is 16.4. The van der Waals surface area contributed by atoms with Gasteiger partial charge < -0.3 is 49.5 Å². The Morgan fingerprint density at radius 2 is 0.487 bits per heavy atom. The van der Waals surface area contributed by atoms with E-state index in [-0.39, 0.29) is 35.5 Å². The molecule has 0 fully saturated rings. The second-order valence-electron chi connectivity index (χ2n) is 7.24. The second kappa shape index (κ2) is 54.9. The van der Waals surface area contributed by atoms with Crippen LogP contribution in [-0.2, 0) is 43.2 Å². The zero-order chi connectivity index (χ0) is 34.3. The van der Waals surface area contributed by atoms with Crippen LogP contribution in [0.15, 0.2) is 0 Å². The highest BCUT2D eigenvalue weighted by Gasteiger charge is 1.88. The van der Waals surface area contributed by atoms with Gasteiger partial charge in [-0.3, -0.25) is 19.2 Å². The van der Waals surface area contributed by atoms with Crippen molar-refractivity contribution in [2.75, 3.05) is 6.61 Å². The van der Waals surface area contributed by atoms with Gasteiger partial charge in [-0.25, -0.2) is 0 Å². The Morgan fingerprint density at radius 1 is 0.385 bits per heavy atom. The average molecular weight is 575 g/mol. The largest absolute Gasteiger partial charge is 0.481 e. The van der Waals surface area contributed by atoms with E-state index in [0.29, 0.717) is 12.8 Å². The molecule has 0 unspecified atom stereocenters. The highest BCUT2D eigenvalue weighted by molar-refractivity contribution is 5.75. The topological polar surface area (TPSA) is 255 Å². The van der Waals surface area contributed by atoms with Crippen molar-refractivity contribution in [2.24, 2.45) is 0 Å². The fourth-order valence-corrected chi connectivity index (χ4v) is 0.328. The molecule has 0 aromatic rings. The van der Waals surface area contributed by atoms with Gasteiger partial charge in [0, 0.05) is 40.7 Å². The van der Waals surface area contributed by atoms with E-state index in [1.165, 1.54) is 62.3 Å². The van der Waals surface area contributed by atoms with E-state index in [9.17, 15) is 24.0 Å². The Morgan fingerprint density at radius 3 is 0.513 bits per heavy atom. The first kappa shape index (κ1) is 60.0. The van der Waals surface area contributed by atoms with Crippen molar-refractivity contribution in [3.05, 3.63) is 0 Å². The minimum Gasteiger partial charge on any atom is -0.481 e. The van der Waals surface area contributed by atoms with Gasteiger partial charge in [0.25, 0.3) is 23.9 Å². The molecule has 234 valence electrons. The van der Waals surface area contributed by atoms with Gasteiger partial charge in [0.1, 0.15) is 28.9 Å². The number of hydrogen-bond acceptors (Lipinski definition) is 10. The fraction of sp³-hybridized carbons (Fsp3) is 0.640. The molecule has 0 aliphatic carbocycles. The predicted molar refractivity (Wildman–Crippen MR) is 146 cm³/mol. The molecule has 0 bridgehead atoms. The third-order valence-electron chi connectivity index (χ3n) is 0.687. The standard InChI is InChI=1S/C5H10O2.4C3H6O.4C2H4O2/c1-5(7)3-2-4-6;4*1-3(2)4;4*1-2(3)4/h6H,2-4H2,1H3;4*1-2H3;4*1H3,(H,3,4). The molecule has 5 N–H and O–H groups in total. The predicted octanol–water partition coefficient (Wildman–Crippen LogP) is 3.09. The Bertz CT molecular complexity index is 490. The van der Waals surface area contributed by atoms with Crippen LogP contribution in [0.5, 0.6) is 0 Å². The Labute approximate surface area is 231 Å². The maximum atomic E-state index is 10.1. The van der Waals surface area contributed by atoms with Crippen molar-refractivity contribution >= 4 is 52.8 Å². The number of carboxylic acid groups (broad SMARTS) is 4. The van der Waals surface area contributed by atoms with Crippen molar-refractivity contribution < 1.29 is 68.7 Å². The molecular formula is C25H50O14. The lowest BCUT2D eigenvalue weighted by Gasteiger charge is -1.86. The highest BCUT2D eigenvalue weighted by Crippen LogP contribution is 1.85. The van der Waals surface area contributed by atoms with E-state index in [1.807, 2.05) is 0 Å². The summed E-state index contributed by atoms with van der Waals surface area (Å²) in [7, 11) is 0. The van der Waals surface area contributed by atoms with E-state index in [0.717, 1.165) is 27.7 Å². The van der Waals surface area contributed by atoms with Crippen molar-refractivity contribution in [3.63, 3.8) is 0 Å². The van der Waals surface area contributed by atoms with E-state index in [4.69, 9.17) is 44.7 Å². The average Bonchev–Trinajstić information content (AvgIpc) is 2.55. The number of rotatable bonds is 3. The number of aliphatic hydroxyl groups excluding tert-OH is 1. The molecule has 14 heteroatoms. The van der Waals surface area contributed by atoms with Crippen LogP contribution in [0.2, 0.25) is 0 Å². The van der Waals surface area contributed by atoms with Gasteiger partial charge in [0.05, 0.1) is 0 Å². The third-order valence-corrected chi connectivity index (χ3v) is 0.687. The number of aliphatic carboxylic acids is 4. The van der Waals surface area contributed by atoms with Gasteiger partial charge in [-0.1, -0.05) is 0 Å². The first-order valence-corrected chi connectivity index (χ1v) is 10.9. The van der Waals surface area contributed by atoms with Crippen LogP contribution in [0.4, 0.5) is 0 Å². The number of Topliss-reactive ketones (excluding diaryl/α,β-unsaturated/α-hetero) is 5. The van der Waals surface area contributed by atoms with Crippen molar-refractivity contribution in [3.8, 4) is 0 Å². The molecule has 0 heterocycles. The van der Waals surface area contributed by atoms with Crippen molar-refractivity contribution in [1.29, 1.82) is 0 Å². The van der Waals surface area contributed by atoms with E-state index >= 15 is 0 Å². The zero-order valence-corrected chi connectivity index (χ0v) is 25.5. The van der Waals surface area contributed by atoms with Gasteiger partial charge in [0.15, 0.2) is 0 Å². The summed E-state index contributed by atoms with van der Waals surface area (Å²) >= 11 is 0. The van der Waals surface area contributed by atoms with Gasteiger partial charge in [-0.15, -0.1) is 0 Å². The molecule has 0 aromatic carbocycles. The maximum absolute atomic E-state index is 10.1. The first-order chi connectivity index (χ1) is 17.1. The zero-order valence-electron chi connectivity index (χ0n) is 25.5. The molecule has 0 radical (unpaired) electrons. The van der Waals surface area contributed by atoms with E-state index in [2.05, 4.69) is 0 Å². The summed E-state index contributed by atoms with van der Waals surface area (Å²) in [4.78, 5) is 83.9. The van der Waals surface area contributed by atoms with Crippen LogP contribution in [0.25, 0.3) is 0 Å². The minimum absolute atomic E-state index is 0.125. The Balaban J connectivity index is -0.0000000374. The summed E-state index contributed by atoms with van der Waals surface area (Å²) in [6.07, 6.45) is 1.12. The smallest absolute Gasteiger partial charge is 0.300 e. The van der Waals surface area contributed by atoms with Crippen LogP contribution in [0.3, 0.4) is 0 Å². The monoisotopic (exact) mass is 574 g/mol. The molecule has 0 amide bonds. The Kier molecular flexibility index (Phi) is 84.4. The lowest BCUT2D eigenvalue weighted by molar-refractivity contribution is -0.135. The van der Waals surface area contributed by atoms with Crippen LogP contribution in [-0.4, -0.2) is 84.9 Å². The minimum atomic E-state index is -0.833. The van der Waals surface area contributed by atoms with E-state index < -0.39 is 23.9 Å². The summed E-state index contributed by atoms with van der Waals surface area (Å²) in [6, 6.07) is 0. The molecule has 0 aliphatic heterocycles. The molecular weight excluding hydrogens is 524 g/mol. The van der Waals surface area contributed by atoms with Crippen LogP contribution >= 0.6 is 0 Å². The summed E-state index contributed by atoms with van der Waals surface area (Å²) in [5.41, 5.74) is 0. The summed E-state index contributed by atoms with van der Waals surface area (Å²) < 4.78 is 0. The number of hydrogen-bond donors (Lipinski definition) is 5. The number of carboxylic acids is 4. The molecule has 0 aromatic heterocycles. The Hall–Kier alpha value is -3.81. The van der Waals surface area contributed by atoms with Crippen molar-refractivity contribution in [2.45, 2.75) is 103 Å². The summed E-state index contributed by atoms with van der Waals surface area (Å²) in [5.74, 6) is -2.52. The van der Waals surface area contributed by atoms with Gasteiger partial charge in [-0.05, 0) is 68.7 Å². The summed E-state index contributed by atoms with van der Waals surface area (Å²) in [6.45, 7) is 18.2. The molecule has 39 heavy (non-hydrogen) atoms. The molecule has 0 saturated carbocycles. The second-order valence-corrected chi connectivity index (χ2v) is 7.24.